The third kappa shape index (κ3) is 3.49. The number of rotatable bonds is 2. The second kappa shape index (κ2) is 7.55. The summed E-state index contributed by atoms with van der Waals surface area (Å²) in [6, 6.07) is 4.18. The number of hydrogen-bond acceptors (Lipinski definition) is 4. The number of benzene rings is 1. The van der Waals surface area contributed by atoms with Crippen molar-refractivity contribution in [2.24, 2.45) is 11.8 Å². The molecule has 8 heteroatoms. The summed E-state index contributed by atoms with van der Waals surface area (Å²) in [6.45, 7) is 6.39. The van der Waals surface area contributed by atoms with Gasteiger partial charge in [-0.1, -0.05) is 26.0 Å². The predicted octanol–water partition coefficient (Wildman–Crippen LogP) is 3.25. The van der Waals surface area contributed by atoms with Crippen molar-refractivity contribution in [1.82, 2.24) is 9.80 Å². The highest BCUT2D eigenvalue weighted by molar-refractivity contribution is 5.89. The lowest BCUT2D eigenvalue weighted by Gasteiger charge is -2.42. The number of alkyl halides is 3. The van der Waals surface area contributed by atoms with Crippen LogP contribution in [0.3, 0.4) is 0 Å². The molecule has 2 fully saturated rings. The molecule has 164 valence electrons. The monoisotopic (exact) mass is 424 g/mol. The molecule has 1 amide bonds. The van der Waals surface area contributed by atoms with Gasteiger partial charge in [0.2, 0.25) is 5.91 Å². The van der Waals surface area contributed by atoms with Crippen LogP contribution in [0.4, 0.5) is 13.2 Å². The van der Waals surface area contributed by atoms with Gasteiger partial charge in [0.15, 0.2) is 0 Å². The van der Waals surface area contributed by atoms with Crippen LogP contribution in [0.15, 0.2) is 18.2 Å². The Balaban J connectivity index is 1.61. The van der Waals surface area contributed by atoms with E-state index in [-0.39, 0.29) is 24.0 Å². The number of likely N-dealkylation sites (tertiary alicyclic amines) is 1. The fourth-order valence-electron chi connectivity index (χ4n) is 5.28. The zero-order valence-electron chi connectivity index (χ0n) is 17.3. The van der Waals surface area contributed by atoms with Crippen LogP contribution >= 0.6 is 0 Å². The summed E-state index contributed by atoms with van der Waals surface area (Å²) < 4.78 is 46.3. The second-order valence-corrected chi connectivity index (χ2v) is 8.64. The minimum Gasteiger partial charge on any atom is -0.458 e. The average Bonchev–Trinajstić information content (AvgIpc) is 2.96. The highest BCUT2D eigenvalue weighted by atomic mass is 19.4. The van der Waals surface area contributed by atoms with Gasteiger partial charge >= 0.3 is 12.1 Å². The Bertz CT molecular complexity index is 847. The number of carbonyl (C=O) groups excluding carboxylic acids is 2. The van der Waals surface area contributed by atoms with E-state index in [1.54, 1.807) is 13.0 Å². The summed E-state index contributed by atoms with van der Waals surface area (Å²) in [6.07, 6.45) is -2.94. The molecule has 0 aromatic heterocycles. The fraction of sp³-hybridized carbons (Fsp3) is 0.636. The number of hydrogen-bond donors (Lipinski definition) is 0. The number of fused-ring (bicyclic) bond motifs is 1. The van der Waals surface area contributed by atoms with E-state index < -0.39 is 29.2 Å². The van der Waals surface area contributed by atoms with Crippen molar-refractivity contribution in [2.75, 3.05) is 26.2 Å². The van der Waals surface area contributed by atoms with Gasteiger partial charge in [0.05, 0.1) is 17.4 Å². The zero-order valence-corrected chi connectivity index (χ0v) is 17.3. The lowest BCUT2D eigenvalue weighted by molar-refractivity contribution is -0.158. The van der Waals surface area contributed by atoms with Crippen LogP contribution in [0.25, 0.3) is 0 Å². The van der Waals surface area contributed by atoms with Crippen LogP contribution in [0.5, 0.6) is 0 Å². The SMILES string of the molecule is CCN1CCC2(CC1)OC(=O)C(C)C2C(=O)N1CCc2cccc(C(F)(F)F)c2C1. The molecular formula is C22H27F3N2O3. The molecule has 0 aliphatic carbocycles. The van der Waals surface area contributed by atoms with Crippen LogP contribution in [-0.4, -0.2) is 53.5 Å². The molecule has 0 N–H and O–H groups in total. The molecular weight excluding hydrogens is 397 g/mol. The van der Waals surface area contributed by atoms with E-state index in [9.17, 15) is 22.8 Å². The largest absolute Gasteiger partial charge is 0.458 e. The number of nitrogens with zero attached hydrogens (tertiary/aromatic N) is 2. The highest BCUT2D eigenvalue weighted by Crippen LogP contribution is 2.46. The van der Waals surface area contributed by atoms with Crippen molar-refractivity contribution in [3.8, 4) is 0 Å². The minimum absolute atomic E-state index is 0.0849. The van der Waals surface area contributed by atoms with E-state index in [1.807, 2.05) is 0 Å². The number of piperidine rings is 1. The number of halogens is 3. The van der Waals surface area contributed by atoms with E-state index >= 15 is 0 Å². The molecule has 2 atom stereocenters. The van der Waals surface area contributed by atoms with Gasteiger partial charge in [-0.05, 0) is 30.2 Å². The molecule has 0 bridgehead atoms. The molecule has 3 aliphatic rings. The summed E-state index contributed by atoms with van der Waals surface area (Å²) >= 11 is 0. The van der Waals surface area contributed by atoms with Crippen molar-refractivity contribution in [3.05, 3.63) is 34.9 Å². The van der Waals surface area contributed by atoms with Gasteiger partial charge in [0, 0.05) is 39.0 Å². The molecule has 3 heterocycles. The molecule has 2 saturated heterocycles. The quantitative estimate of drug-likeness (QED) is 0.684. The predicted molar refractivity (Wildman–Crippen MR) is 103 cm³/mol. The number of esters is 1. The molecule has 1 spiro atoms. The maximum atomic E-state index is 13.6. The van der Waals surface area contributed by atoms with Gasteiger partial charge in [-0.3, -0.25) is 9.59 Å². The smallest absolute Gasteiger partial charge is 0.416 e. The van der Waals surface area contributed by atoms with Crippen LogP contribution in [0.1, 0.15) is 43.4 Å². The van der Waals surface area contributed by atoms with Crippen molar-refractivity contribution in [1.29, 1.82) is 0 Å². The minimum atomic E-state index is -4.47. The van der Waals surface area contributed by atoms with Crippen LogP contribution in [0, 0.1) is 11.8 Å². The summed E-state index contributed by atoms with van der Waals surface area (Å²) in [5.74, 6) is -1.89. The Hall–Kier alpha value is -2.09. The Morgan fingerprint density at radius 1 is 1.23 bits per heavy atom. The third-order valence-electron chi connectivity index (χ3n) is 7.05. The van der Waals surface area contributed by atoms with Crippen molar-refractivity contribution < 1.29 is 27.5 Å². The normalized spacial score (nSPS) is 26.6. The van der Waals surface area contributed by atoms with Gasteiger partial charge < -0.3 is 14.5 Å². The maximum Gasteiger partial charge on any atom is 0.416 e. The molecule has 5 nitrogen and oxygen atoms in total. The fourth-order valence-corrected chi connectivity index (χ4v) is 5.28. The number of ether oxygens (including phenoxy) is 1. The summed E-state index contributed by atoms with van der Waals surface area (Å²) in [5, 5.41) is 0. The van der Waals surface area contributed by atoms with Crippen molar-refractivity contribution >= 4 is 11.9 Å². The van der Waals surface area contributed by atoms with Crippen molar-refractivity contribution in [3.63, 3.8) is 0 Å². The lowest BCUT2D eigenvalue weighted by atomic mass is 9.74. The number of carbonyl (C=O) groups is 2. The van der Waals surface area contributed by atoms with Gasteiger partial charge in [-0.15, -0.1) is 0 Å². The first-order valence-electron chi connectivity index (χ1n) is 10.6. The molecule has 4 rings (SSSR count). The van der Waals surface area contributed by atoms with Crippen molar-refractivity contribution in [2.45, 2.75) is 51.4 Å². The molecule has 3 aliphatic heterocycles. The van der Waals surface area contributed by atoms with Gasteiger partial charge in [0.1, 0.15) is 5.60 Å². The third-order valence-corrected chi connectivity index (χ3v) is 7.05. The zero-order chi connectivity index (χ0) is 21.7. The number of amides is 1. The molecule has 1 aromatic rings. The highest BCUT2D eigenvalue weighted by Gasteiger charge is 2.58. The molecule has 0 saturated carbocycles. The standard InChI is InChI=1S/C22H27F3N2O3/c1-3-26-11-8-21(9-12-26)18(14(2)20(29)30-21)19(28)27-10-7-15-5-4-6-17(16(15)13-27)22(23,24)25/h4-6,14,18H,3,7-13H2,1-2H3. The Morgan fingerprint density at radius 2 is 1.93 bits per heavy atom. The van der Waals surface area contributed by atoms with Gasteiger partial charge in [-0.2, -0.15) is 13.2 Å². The first-order valence-corrected chi connectivity index (χ1v) is 10.6. The molecule has 0 radical (unpaired) electrons. The van der Waals surface area contributed by atoms with E-state index in [0.29, 0.717) is 31.4 Å². The Kier molecular flexibility index (Phi) is 5.33. The Morgan fingerprint density at radius 3 is 2.57 bits per heavy atom. The van der Waals surface area contributed by atoms with E-state index in [2.05, 4.69) is 11.8 Å². The van der Waals surface area contributed by atoms with Gasteiger partial charge in [-0.25, -0.2) is 0 Å². The maximum absolute atomic E-state index is 13.6. The summed E-state index contributed by atoms with van der Waals surface area (Å²) in [7, 11) is 0. The van der Waals surface area contributed by atoms with Gasteiger partial charge in [0.25, 0.3) is 0 Å². The topological polar surface area (TPSA) is 49.9 Å². The van der Waals surface area contributed by atoms with Crippen LogP contribution < -0.4 is 0 Å². The molecule has 1 aromatic carbocycles. The Labute approximate surface area is 174 Å². The second-order valence-electron chi connectivity index (χ2n) is 8.64. The van der Waals surface area contributed by atoms with Crippen LogP contribution in [-0.2, 0) is 33.5 Å². The summed E-state index contributed by atoms with van der Waals surface area (Å²) in [5.41, 5.74) is -0.734. The first-order chi connectivity index (χ1) is 14.2. The van der Waals surface area contributed by atoms with E-state index in [0.717, 1.165) is 25.7 Å². The summed E-state index contributed by atoms with van der Waals surface area (Å²) in [4.78, 5) is 29.7. The first kappa shape index (κ1) is 21.2. The van der Waals surface area contributed by atoms with Crippen LogP contribution in [0.2, 0.25) is 0 Å². The lowest BCUT2D eigenvalue weighted by Crippen LogP contribution is -2.54. The molecule has 2 unspecified atom stereocenters. The van der Waals surface area contributed by atoms with E-state index in [4.69, 9.17) is 4.74 Å². The van der Waals surface area contributed by atoms with E-state index in [1.165, 1.54) is 11.0 Å². The average molecular weight is 424 g/mol. The molecule has 30 heavy (non-hydrogen) atoms.